The molecule has 20 heavy (non-hydrogen) atoms. The van der Waals surface area contributed by atoms with Crippen molar-refractivity contribution in [3.05, 3.63) is 33.9 Å². The van der Waals surface area contributed by atoms with E-state index in [2.05, 4.69) is 5.32 Å². The minimum absolute atomic E-state index is 0.110. The maximum atomic E-state index is 11.6. The summed E-state index contributed by atoms with van der Waals surface area (Å²) in [6, 6.07) is 4.15. The van der Waals surface area contributed by atoms with Crippen molar-refractivity contribution in [1.29, 1.82) is 0 Å². The highest BCUT2D eigenvalue weighted by atomic mass is 16.6. The number of rotatable bonds is 5. The molecule has 0 spiro atoms. The first kappa shape index (κ1) is 15.9. The van der Waals surface area contributed by atoms with E-state index in [0.717, 1.165) is 0 Å². The van der Waals surface area contributed by atoms with Crippen LogP contribution >= 0.6 is 0 Å². The zero-order chi connectivity index (χ0) is 15.5. The summed E-state index contributed by atoms with van der Waals surface area (Å²) >= 11 is 0. The Labute approximate surface area is 117 Å². The molecule has 0 aliphatic heterocycles. The van der Waals surface area contributed by atoms with E-state index in [1.807, 2.05) is 0 Å². The molecule has 0 radical (unpaired) electrons. The molecule has 7 heteroatoms. The van der Waals surface area contributed by atoms with E-state index < -0.39 is 10.5 Å². The predicted octanol–water partition coefficient (Wildman–Crippen LogP) is 1.16. The van der Waals surface area contributed by atoms with Crippen LogP contribution in [0.25, 0.3) is 0 Å². The number of amides is 1. The first-order valence-electron chi connectivity index (χ1n) is 6.10. The van der Waals surface area contributed by atoms with Crippen LogP contribution in [0.1, 0.15) is 24.2 Å². The van der Waals surface area contributed by atoms with E-state index in [4.69, 9.17) is 0 Å². The molecule has 7 nitrogen and oxygen atoms in total. The van der Waals surface area contributed by atoms with Crippen LogP contribution in [0, 0.1) is 10.1 Å². The van der Waals surface area contributed by atoms with Gasteiger partial charge in [-0.1, -0.05) is 0 Å². The maximum absolute atomic E-state index is 11.6. The van der Waals surface area contributed by atoms with Gasteiger partial charge < -0.3 is 15.3 Å². The first-order valence-corrected chi connectivity index (χ1v) is 6.10. The number of nitrogens with one attached hydrogen (secondary N) is 1. The summed E-state index contributed by atoms with van der Waals surface area (Å²) in [5, 5.41) is 23.0. The monoisotopic (exact) mass is 281 g/mol. The summed E-state index contributed by atoms with van der Waals surface area (Å²) in [5.41, 5.74) is -0.183. The van der Waals surface area contributed by atoms with Gasteiger partial charge in [-0.25, -0.2) is 0 Å². The third-order valence-electron chi connectivity index (χ3n) is 3.32. The average molecular weight is 281 g/mol. The van der Waals surface area contributed by atoms with Crippen LogP contribution in [0.4, 0.5) is 11.4 Å². The Balaban J connectivity index is 3.40. The molecule has 0 aliphatic rings. The number of benzene rings is 1. The number of carbonyl (C=O) groups excluding carboxylic acids is 1. The second kappa shape index (κ2) is 5.87. The lowest BCUT2D eigenvalue weighted by Gasteiger charge is -2.35. The Kier molecular flexibility index (Phi) is 4.67. The number of nitro groups is 1. The van der Waals surface area contributed by atoms with Gasteiger partial charge in [-0.2, -0.15) is 0 Å². The van der Waals surface area contributed by atoms with E-state index >= 15 is 0 Å². The molecule has 1 amide bonds. The number of hydrogen-bond donors (Lipinski definition) is 2. The minimum atomic E-state index is -0.688. The summed E-state index contributed by atoms with van der Waals surface area (Å²) in [7, 11) is 3.14. The topological polar surface area (TPSA) is 95.7 Å². The number of likely N-dealkylation sites (N-methyl/N-ethyl adjacent to an activating group) is 1. The molecule has 0 saturated heterocycles. The van der Waals surface area contributed by atoms with Gasteiger partial charge >= 0.3 is 0 Å². The van der Waals surface area contributed by atoms with Gasteiger partial charge in [0.1, 0.15) is 5.69 Å². The summed E-state index contributed by atoms with van der Waals surface area (Å²) < 4.78 is 0. The van der Waals surface area contributed by atoms with Crippen LogP contribution in [0.3, 0.4) is 0 Å². The number of aliphatic hydroxyl groups excluding tert-OH is 1. The zero-order valence-electron chi connectivity index (χ0n) is 12.0. The van der Waals surface area contributed by atoms with Gasteiger partial charge in [0.15, 0.2) is 0 Å². The molecule has 0 heterocycles. The molecule has 1 aromatic carbocycles. The molecule has 0 atom stereocenters. The first-order chi connectivity index (χ1) is 9.24. The number of carbonyl (C=O) groups is 1. The highest BCUT2D eigenvalue weighted by Gasteiger charge is 2.29. The second-order valence-corrected chi connectivity index (χ2v) is 5.07. The van der Waals surface area contributed by atoms with Crippen LogP contribution < -0.4 is 10.2 Å². The Morgan fingerprint density at radius 1 is 1.50 bits per heavy atom. The molecule has 1 aromatic rings. The van der Waals surface area contributed by atoms with Gasteiger partial charge in [-0.15, -0.1) is 0 Å². The minimum Gasteiger partial charge on any atom is -0.394 e. The van der Waals surface area contributed by atoms with E-state index in [1.54, 1.807) is 25.8 Å². The van der Waals surface area contributed by atoms with Gasteiger partial charge in [0.05, 0.1) is 17.1 Å². The largest absolute Gasteiger partial charge is 0.394 e. The molecule has 0 saturated carbocycles. The van der Waals surface area contributed by atoms with Crippen molar-refractivity contribution < 1.29 is 14.8 Å². The van der Waals surface area contributed by atoms with Gasteiger partial charge in [-0.3, -0.25) is 14.9 Å². The highest BCUT2D eigenvalue weighted by molar-refractivity contribution is 5.95. The van der Waals surface area contributed by atoms with E-state index in [-0.39, 0.29) is 23.9 Å². The number of hydrogen-bond acceptors (Lipinski definition) is 5. The maximum Gasteiger partial charge on any atom is 0.292 e. The predicted molar refractivity (Wildman–Crippen MR) is 76.1 cm³/mol. The van der Waals surface area contributed by atoms with Crippen LogP contribution in [-0.4, -0.2) is 42.2 Å². The normalized spacial score (nSPS) is 11.1. The van der Waals surface area contributed by atoms with Gasteiger partial charge in [0, 0.05) is 25.7 Å². The number of nitrogens with zero attached hydrogens (tertiary/aromatic N) is 2. The Hall–Kier alpha value is -2.15. The van der Waals surface area contributed by atoms with Crippen molar-refractivity contribution in [1.82, 2.24) is 5.32 Å². The molecule has 0 aliphatic carbocycles. The van der Waals surface area contributed by atoms with Gasteiger partial charge in [0.2, 0.25) is 0 Å². The smallest absolute Gasteiger partial charge is 0.292 e. The summed E-state index contributed by atoms with van der Waals surface area (Å²) in [4.78, 5) is 23.8. The molecule has 0 unspecified atom stereocenters. The van der Waals surface area contributed by atoms with Crippen LogP contribution in [-0.2, 0) is 0 Å². The molecule has 0 fully saturated rings. The van der Waals surface area contributed by atoms with Crippen molar-refractivity contribution in [2.75, 3.05) is 25.6 Å². The molecular weight excluding hydrogens is 262 g/mol. The van der Waals surface area contributed by atoms with Crippen LogP contribution in [0.2, 0.25) is 0 Å². The molecule has 0 aromatic heterocycles. The fourth-order valence-electron chi connectivity index (χ4n) is 1.66. The SMILES string of the molecule is CNC(=O)c1ccc([N+](=O)[O-])c(N(C)C(C)(C)CO)c1. The standard InChI is InChI=1S/C13H19N3O4/c1-13(2,8-17)15(4)11-7-9(12(18)14-3)5-6-10(11)16(19)20/h5-7,17H,8H2,1-4H3,(H,14,18). The van der Waals surface area contributed by atoms with Crippen molar-refractivity contribution in [2.24, 2.45) is 0 Å². The van der Waals surface area contributed by atoms with Crippen molar-refractivity contribution >= 4 is 17.3 Å². The van der Waals surface area contributed by atoms with Crippen LogP contribution in [0.5, 0.6) is 0 Å². The number of aliphatic hydroxyl groups is 1. The summed E-state index contributed by atoms with van der Waals surface area (Å²) in [5.74, 6) is -0.323. The lowest BCUT2D eigenvalue weighted by atomic mass is 10.0. The molecular formula is C13H19N3O4. The number of anilines is 1. The summed E-state index contributed by atoms with van der Waals surface area (Å²) in [6.07, 6.45) is 0. The fourth-order valence-corrected chi connectivity index (χ4v) is 1.66. The van der Waals surface area contributed by atoms with Crippen LogP contribution in [0.15, 0.2) is 18.2 Å². The van der Waals surface area contributed by atoms with Crippen molar-refractivity contribution in [3.8, 4) is 0 Å². The Bertz CT molecular complexity index is 528. The molecule has 2 N–H and O–H groups in total. The van der Waals surface area contributed by atoms with Gasteiger partial charge in [-0.05, 0) is 26.0 Å². The highest BCUT2D eigenvalue weighted by Crippen LogP contribution is 2.32. The fraction of sp³-hybridized carbons (Fsp3) is 0.462. The van der Waals surface area contributed by atoms with Gasteiger partial charge in [0.25, 0.3) is 11.6 Å². The molecule has 0 bridgehead atoms. The second-order valence-electron chi connectivity index (χ2n) is 5.07. The Morgan fingerprint density at radius 3 is 2.55 bits per heavy atom. The summed E-state index contributed by atoms with van der Waals surface area (Å²) in [6.45, 7) is 3.33. The molecule has 110 valence electrons. The Morgan fingerprint density at radius 2 is 2.10 bits per heavy atom. The van der Waals surface area contributed by atoms with E-state index in [9.17, 15) is 20.0 Å². The quantitative estimate of drug-likeness (QED) is 0.623. The van der Waals surface area contributed by atoms with E-state index in [0.29, 0.717) is 5.56 Å². The lowest BCUT2D eigenvalue weighted by Crippen LogP contribution is -2.44. The lowest BCUT2D eigenvalue weighted by molar-refractivity contribution is -0.384. The zero-order valence-corrected chi connectivity index (χ0v) is 12.0. The number of nitro benzene ring substituents is 1. The van der Waals surface area contributed by atoms with Crippen molar-refractivity contribution in [2.45, 2.75) is 19.4 Å². The molecule has 1 rings (SSSR count). The van der Waals surface area contributed by atoms with Crippen molar-refractivity contribution in [3.63, 3.8) is 0 Å². The third-order valence-corrected chi connectivity index (χ3v) is 3.32. The third kappa shape index (κ3) is 3.05. The average Bonchev–Trinajstić information content (AvgIpc) is 2.44. The van der Waals surface area contributed by atoms with E-state index in [1.165, 1.54) is 25.2 Å².